The summed E-state index contributed by atoms with van der Waals surface area (Å²) < 4.78 is 13.2. The minimum Gasteiger partial charge on any atom is -0.478 e. The summed E-state index contributed by atoms with van der Waals surface area (Å²) in [6.45, 7) is 3.63. The largest absolute Gasteiger partial charge is 0.478 e. The lowest BCUT2D eigenvalue weighted by molar-refractivity contribution is 0.0364. The summed E-state index contributed by atoms with van der Waals surface area (Å²) in [4.78, 5) is 15.8. The van der Waals surface area contributed by atoms with Crippen molar-refractivity contribution in [3.63, 3.8) is 0 Å². The van der Waals surface area contributed by atoms with Crippen LogP contribution in [0.2, 0.25) is 0 Å². The normalized spacial score (nSPS) is 21.1. The number of benzene rings is 1. The van der Waals surface area contributed by atoms with Crippen LogP contribution in [0, 0.1) is 0 Å². The average molecular weight is 302 g/mol. The number of carbonyl (C=O) groups is 1. The number of carboxylic acids is 1. The molecule has 0 spiro atoms. The van der Waals surface area contributed by atoms with E-state index in [1.165, 1.54) is 0 Å². The second kappa shape index (κ2) is 6.29. The van der Waals surface area contributed by atoms with Gasteiger partial charge in [0, 0.05) is 24.6 Å². The Bertz CT molecular complexity index is 668. The third-order valence-electron chi connectivity index (χ3n) is 3.80. The van der Waals surface area contributed by atoms with Gasteiger partial charge in [0.05, 0.1) is 24.8 Å². The standard InChI is InChI=1S/C16H18N2O4/c1-2-22-14-10-21-9-13(14)18-8-7-17-15(18)11-5-3-4-6-12(11)16(19)20/h3-8,13-14H,2,9-10H2,1H3,(H,19,20)/t13-,14-/m1/s1. The van der Waals surface area contributed by atoms with Crippen LogP contribution in [-0.2, 0) is 9.47 Å². The van der Waals surface area contributed by atoms with Crippen LogP contribution in [0.4, 0.5) is 0 Å². The maximum absolute atomic E-state index is 11.4. The second-order valence-electron chi connectivity index (χ2n) is 5.11. The van der Waals surface area contributed by atoms with Crippen molar-refractivity contribution in [1.82, 2.24) is 9.55 Å². The Morgan fingerprint density at radius 1 is 1.45 bits per heavy atom. The molecule has 0 radical (unpaired) electrons. The Morgan fingerprint density at radius 2 is 2.27 bits per heavy atom. The number of carboxylic acid groups (broad SMARTS) is 1. The van der Waals surface area contributed by atoms with E-state index in [0.717, 1.165) is 0 Å². The molecule has 22 heavy (non-hydrogen) atoms. The van der Waals surface area contributed by atoms with Crippen LogP contribution >= 0.6 is 0 Å². The predicted octanol–water partition coefficient (Wildman–Crippen LogP) is 2.22. The maximum atomic E-state index is 11.4. The van der Waals surface area contributed by atoms with E-state index in [1.54, 1.807) is 24.4 Å². The summed E-state index contributed by atoms with van der Waals surface area (Å²) >= 11 is 0. The van der Waals surface area contributed by atoms with Gasteiger partial charge in [0.25, 0.3) is 0 Å². The third-order valence-corrected chi connectivity index (χ3v) is 3.80. The van der Waals surface area contributed by atoms with Crippen molar-refractivity contribution in [3.8, 4) is 11.4 Å². The van der Waals surface area contributed by atoms with Gasteiger partial charge in [-0.2, -0.15) is 0 Å². The van der Waals surface area contributed by atoms with Crippen LogP contribution in [0.1, 0.15) is 23.3 Å². The zero-order valence-corrected chi connectivity index (χ0v) is 12.3. The molecule has 1 aliphatic heterocycles. The lowest BCUT2D eigenvalue weighted by atomic mass is 10.1. The highest BCUT2D eigenvalue weighted by atomic mass is 16.5. The topological polar surface area (TPSA) is 73.6 Å². The molecule has 6 heteroatoms. The van der Waals surface area contributed by atoms with Crippen LogP contribution < -0.4 is 0 Å². The monoisotopic (exact) mass is 302 g/mol. The molecule has 6 nitrogen and oxygen atoms in total. The van der Waals surface area contributed by atoms with Crippen molar-refractivity contribution in [3.05, 3.63) is 42.2 Å². The van der Waals surface area contributed by atoms with E-state index in [0.29, 0.717) is 31.2 Å². The summed E-state index contributed by atoms with van der Waals surface area (Å²) in [5.74, 6) is -0.340. The first-order valence-electron chi connectivity index (χ1n) is 7.27. The van der Waals surface area contributed by atoms with Gasteiger partial charge in [-0.15, -0.1) is 0 Å². The Labute approximate surface area is 128 Å². The van der Waals surface area contributed by atoms with Crippen molar-refractivity contribution in [2.75, 3.05) is 19.8 Å². The molecule has 0 bridgehead atoms. The fourth-order valence-electron chi connectivity index (χ4n) is 2.81. The van der Waals surface area contributed by atoms with Gasteiger partial charge in [-0.1, -0.05) is 18.2 Å². The molecule has 1 aliphatic rings. The zero-order valence-electron chi connectivity index (χ0n) is 12.3. The Morgan fingerprint density at radius 3 is 3.05 bits per heavy atom. The number of hydrogen-bond donors (Lipinski definition) is 1. The first-order valence-corrected chi connectivity index (χ1v) is 7.27. The summed E-state index contributed by atoms with van der Waals surface area (Å²) in [5, 5.41) is 9.37. The smallest absolute Gasteiger partial charge is 0.336 e. The van der Waals surface area contributed by atoms with Crippen LogP contribution in [-0.4, -0.2) is 46.6 Å². The zero-order chi connectivity index (χ0) is 15.5. The van der Waals surface area contributed by atoms with Gasteiger partial charge < -0.3 is 19.1 Å². The van der Waals surface area contributed by atoms with E-state index in [2.05, 4.69) is 4.98 Å². The summed E-state index contributed by atoms with van der Waals surface area (Å²) in [7, 11) is 0. The van der Waals surface area contributed by atoms with E-state index in [1.807, 2.05) is 23.8 Å². The van der Waals surface area contributed by atoms with Gasteiger partial charge in [0.2, 0.25) is 0 Å². The van der Waals surface area contributed by atoms with Crippen molar-refractivity contribution in [1.29, 1.82) is 0 Å². The number of rotatable bonds is 5. The maximum Gasteiger partial charge on any atom is 0.336 e. The minimum absolute atomic E-state index is 0.000647. The van der Waals surface area contributed by atoms with Gasteiger partial charge in [-0.25, -0.2) is 9.78 Å². The van der Waals surface area contributed by atoms with E-state index in [9.17, 15) is 9.90 Å². The quantitative estimate of drug-likeness (QED) is 0.916. The molecular weight excluding hydrogens is 284 g/mol. The second-order valence-corrected chi connectivity index (χ2v) is 5.11. The van der Waals surface area contributed by atoms with Gasteiger partial charge in [0.15, 0.2) is 0 Å². The molecule has 1 saturated heterocycles. The fourth-order valence-corrected chi connectivity index (χ4v) is 2.81. The predicted molar refractivity (Wildman–Crippen MR) is 79.9 cm³/mol. The van der Waals surface area contributed by atoms with Crippen LogP contribution in [0.25, 0.3) is 11.4 Å². The average Bonchev–Trinajstić information content (AvgIpc) is 3.15. The lowest BCUT2D eigenvalue weighted by Gasteiger charge is -2.21. The third kappa shape index (κ3) is 2.63. The molecule has 3 rings (SSSR count). The van der Waals surface area contributed by atoms with Gasteiger partial charge >= 0.3 is 5.97 Å². The molecule has 2 heterocycles. The number of imidazole rings is 1. The highest BCUT2D eigenvalue weighted by molar-refractivity contribution is 5.95. The molecule has 1 N–H and O–H groups in total. The van der Waals surface area contributed by atoms with Gasteiger partial charge in [-0.05, 0) is 13.0 Å². The number of nitrogens with zero attached hydrogens (tertiary/aromatic N) is 2. The fraction of sp³-hybridized carbons (Fsp3) is 0.375. The van der Waals surface area contributed by atoms with E-state index < -0.39 is 5.97 Å². The van der Waals surface area contributed by atoms with Crippen LogP contribution in [0.3, 0.4) is 0 Å². The Hall–Kier alpha value is -2.18. The Balaban J connectivity index is 2.01. The van der Waals surface area contributed by atoms with E-state index in [-0.39, 0.29) is 17.7 Å². The van der Waals surface area contributed by atoms with Crippen LogP contribution in [0.15, 0.2) is 36.7 Å². The molecule has 1 fully saturated rings. The first kappa shape index (κ1) is 14.7. The summed E-state index contributed by atoms with van der Waals surface area (Å²) in [5.41, 5.74) is 0.837. The van der Waals surface area contributed by atoms with Gasteiger partial charge in [-0.3, -0.25) is 0 Å². The minimum atomic E-state index is -0.964. The molecule has 0 aliphatic carbocycles. The van der Waals surface area contributed by atoms with Gasteiger partial charge in [0.1, 0.15) is 11.9 Å². The molecule has 0 saturated carbocycles. The molecule has 2 atom stereocenters. The highest BCUT2D eigenvalue weighted by Gasteiger charge is 2.32. The van der Waals surface area contributed by atoms with Crippen molar-refractivity contribution in [2.24, 2.45) is 0 Å². The summed E-state index contributed by atoms with van der Waals surface area (Å²) in [6.07, 6.45) is 3.48. The number of ether oxygens (including phenoxy) is 2. The van der Waals surface area contributed by atoms with E-state index >= 15 is 0 Å². The van der Waals surface area contributed by atoms with Crippen molar-refractivity contribution < 1.29 is 19.4 Å². The Kier molecular flexibility index (Phi) is 4.22. The molecule has 0 amide bonds. The molecular formula is C16H18N2O4. The van der Waals surface area contributed by atoms with Crippen molar-refractivity contribution in [2.45, 2.75) is 19.1 Å². The number of hydrogen-bond acceptors (Lipinski definition) is 4. The van der Waals surface area contributed by atoms with Crippen LogP contribution in [0.5, 0.6) is 0 Å². The molecule has 1 aromatic heterocycles. The molecule has 2 aromatic rings. The molecule has 116 valence electrons. The SMILES string of the molecule is CCO[C@@H]1COC[C@H]1n1ccnc1-c1ccccc1C(=O)O. The first-order chi connectivity index (χ1) is 10.7. The van der Waals surface area contributed by atoms with Crippen molar-refractivity contribution >= 4 is 5.97 Å². The highest BCUT2D eigenvalue weighted by Crippen LogP contribution is 2.29. The molecule has 1 aromatic carbocycles. The van der Waals surface area contributed by atoms with E-state index in [4.69, 9.17) is 9.47 Å². The summed E-state index contributed by atoms with van der Waals surface area (Å²) in [6, 6.07) is 6.88. The molecule has 0 unspecified atom stereocenters. The lowest BCUT2D eigenvalue weighted by Crippen LogP contribution is -2.26. The number of aromatic nitrogens is 2. The number of aromatic carboxylic acids is 1.